The summed E-state index contributed by atoms with van der Waals surface area (Å²) in [7, 11) is 3.31. The van der Waals surface area contributed by atoms with Gasteiger partial charge in [-0.3, -0.25) is 4.79 Å². The maximum absolute atomic E-state index is 13.6. The van der Waals surface area contributed by atoms with Gasteiger partial charge in [-0.05, 0) is 18.2 Å². The fourth-order valence-corrected chi connectivity index (χ4v) is 2.28. The highest BCUT2D eigenvalue weighted by atomic mass is 32.1. The number of carbonyl (C=O) groups excluding carboxylic acids is 1. The van der Waals surface area contributed by atoms with E-state index in [1.165, 1.54) is 16.2 Å². The molecule has 0 N–H and O–H groups in total. The van der Waals surface area contributed by atoms with E-state index in [4.69, 9.17) is 0 Å². The van der Waals surface area contributed by atoms with E-state index in [9.17, 15) is 13.6 Å². The number of rotatable bonds is 3. The van der Waals surface area contributed by atoms with Crippen molar-refractivity contribution < 1.29 is 13.6 Å². The summed E-state index contributed by atoms with van der Waals surface area (Å²) in [5.41, 5.74) is 0.461. The highest BCUT2D eigenvalue weighted by Crippen LogP contribution is 2.25. The molecule has 0 bridgehead atoms. The first-order chi connectivity index (χ1) is 8.97. The minimum atomic E-state index is -0.530. The monoisotopic (exact) mass is 282 g/mol. The second kappa shape index (κ2) is 5.44. The van der Waals surface area contributed by atoms with Crippen LogP contribution >= 0.6 is 11.3 Å². The minimum absolute atomic E-state index is 0.0828. The van der Waals surface area contributed by atoms with Crippen LogP contribution in [0.2, 0.25) is 0 Å². The summed E-state index contributed by atoms with van der Waals surface area (Å²) < 4.78 is 26.7. The number of likely N-dealkylation sites (N-methyl/N-ethyl adjacent to an activating group) is 1. The van der Waals surface area contributed by atoms with Crippen LogP contribution in [0.15, 0.2) is 23.6 Å². The van der Waals surface area contributed by atoms with E-state index in [2.05, 4.69) is 4.98 Å². The summed E-state index contributed by atoms with van der Waals surface area (Å²) in [5.74, 6) is -1.13. The molecule has 2 aromatic rings. The number of hydrogen-bond acceptors (Lipinski definition) is 3. The highest BCUT2D eigenvalue weighted by Gasteiger charge is 2.13. The van der Waals surface area contributed by atoms with Crippen LogP contribution in [-0.4, -0.2) is 29.9 Å². The standard InChI is InChI=1S/C13H12F2N2OS/c1-17(2)13(18)6-12-16-11(7-19-12)9-5-8(14)3-4-10(9)15/h3-5,7H,6H2,1-2H3. The normalized spacial score (nSPS) is 10.5. The number of halogens is 2. The molecule has 0 atom stereocenters. The van der Waals surface area contributed by atoms with Crippen molar-refractivity contribution in [1.82, 2.24) is 9.88 Å². The van der Waals surface area contributed by atoms with E-state index < -0.39 is 11.6 Å². The molecule has 0 aliphatic heterocycles. The van der Waals surface area contributed by atoms with Crippen LogP contribution in [0, 0.1) is 11.6 Å². The number of carbonyl (C=O) groups is 1. The third-order valence-electron chi connectivity index (χ3n) is 2.56. The highest BCUT2D eigenvalue weighted by molar-refractivity contribution is 7.10. The van der Waals surface area contributed by atoms with E-state index in [0.717, 1.165) is 18.2 Å². The maximum atomic E-state index is 13.6. The van der Waals surface area contributed by atoms with Crippen molar-refractivity contribution in [2.24, 2.45) is 0 Å². The molecule has 1 aromatic heterocycles. The van der Waals surface area contributed by atoms with Crippen LogP contribution in [0.5, 0.6) is 0 Å². The van der Waals surface area contributed by atoms with E-state index in [0.29, 0.717) is 10.7 Å². The molecule has 0 radical (unpaired) electrons. The predicted octanol–water partition coefficient (Wildman–Crippen LogP) is 2.72. The molecule has 19 heavy (non-hydrogen) atoms. The zero-order valence-electron chi connectivity index (χ0n) is 10.5. The first-order valence-electron chi connectivity index (χ1n) is 5.57. The first-order valence-corrected chi connectivity index (χ1v) is 6.45. The quantitative estimate of drug-likeness (QED) is 0.867. The number of benzene rings is 1. The Hall–Kier alpha value is -1.82. The summed E-state index contributed by atoms with van der Waals surface area (Å²) in [6, 6.07) is 3.22. The minimum Gasteiger partial charge on any atom is -0.348 e. The fourth-order valence-electron chi connectivity index (χ4n) is 1.50. The Balaban J connectivity index is 2.26. The van der Waals surface area contributed by atoms with Gasteiger partial charge in [-0.15, -0.1) is 11.3 Å². The van der Waals surface area contributed by atoms with Crippen LogP contribution in [0.1, 0.15) is 5.01 Å². The van der Waals surface area contributed by atoms with Crippen LogP contribution in [0.25, 0.3) is 11.3 Å². The second-order valence-electron chi connectivity index (χ2n) is 4.22. The zero-order chi connectivity index (χ0) is 14.0. The molecule has 2 rings (SSSR count). The third-order valence-corrected chi connectivity index (χ3v) is 3.41. The molecule has 100 valence electrons. The lowest BCUT2D eigenvalue weighted by molar-refractivity contribution is -0.127. The average Bonchev–Trinajstić information content (AvgIpc) is 2.80. The molecule has 0 saturated heterocycles. The largest absolute Gasteiger partial charge is 0.348 e. The number of aromatic nitrogens is 1. The van der Waals surface area contributed by atoms with Crippen LogP contribution in [0.3, 0.4) is 0 Å². The van der Waals surface area contributed by atoms with Crippen molar-refractivity contribution in [2.75, 3.05) is 14.1 Å². The van der Waals surface area contributed by atoms with Gasteiger partial charge in [-0.2, -0.15) is 0 Å². The Bertz CT molecular complexity index is 610. The van der Waals surface area contributed by atoms with Crippen molar-refractivity contribution in [3.8, 4) is 11.3 Å². The smallest absolute Gasteiger partial charge is 0.228 e. The molecule has 3 nitrogen and oxygen atoms in total. The second-order valence-corrected chi connectivity index (χ2v) is 5.16. The maximum Gasteiger partial charge on any atom is 0.228 e. The van der Waals surface area contributed by atoms with Gasteiger partial charge in [0.15, 0.2) is 0 Å². The molecule has 0 unspecified atom stereocenters. The van der Waals surface area contributed by atoms with Crippen molar-refractivity contribution in [3.05, 3.63) is 40.2 Å². The van der Waals surface area contributed by atoms with Crippen LogP contribution in [0.4, 0.5) is 8.78 Å². The zero-order valence-corrected chi connectivity index (χ0v) is 11.3. The Morgan fingerprint density at radius 3 is 2.79 bits per heavy atom. The van der Waals surface area contributed by atoms with Gasteiger partial charge in [-0.1, -0.05) is 0 Å². The Morgan fingerprint density at radius 1 is 1.37 bits per heavy atom. The Morgan fingerprint density at radius 2 is 2.11 bits per heavy atom. The van der Waals surface area contributed by atoms with E-state index in [-0.39, 0.29) is 17.9 Å². The van der Waals surface area contributed by atoms with Gasteiger partial charge in [0.05, 0.1) is 12.1 Å². The lowest BCUT2D eigenvalue weighted by atomic mass is 10.1. The van der Waals surface area contributed by atoms with E-state index >= 15 is 0 Å². The molecule has 0 aliphatic rings. The predicted molar refractivity (Wildman–Crippen MR) is 69.9 cm³/mol. The average molecular weight is 282 g/mol. The number of hydrogen-bond donors (Lipinski definition) is 0. The van der Waals surface area contributed by atoms with Crippen molar-refractivity contribution in [3.63, 3.8) is 0 Å². The van der Waals surface area contributed by atoms with E-state index in [1.807, 2.05) is 0 Å². The molecular formula is C13H12F2N2OS. The Kier molecular flexibility index (Phi) is 3.90. The molecular weight excluding hydrogens is 270 g/mol. The van der Waals surface area contributed by atoms with Gasteiger partial charge in [0.25, 0.3) is 0 Å². The lowest BCUT2D eigenvalue weighted by Crippen LogP contribution is -2.23. The van der Waals surface area contributed by atoms with Gasteiger partial charge >= 0.3 is 0 Å². The first kappa shape index (κ1) is 13.6. The summed E-state index contributed by atoms with van der Waals surface area (Å²) in [6.45, 7) is 0. The van der Waals surface area contributed by atoms with Gasteiger partial charge in [0.2, 0.25) is 5.91 Å². The molecule has 1 heterocycles. The molecule has 0 spiro atoms. The lowest BCUT2D eigenvalue weighted by Gasteiger charge is -2.07. The number of nitrogens with zero attached hydrogens (tertiary/aromatic N) is 2. The van der Waals surface area contributed by atoms with Crippen LogP contribution in [-0.2, 0) is 11.2 Å². The van der Waals surface area contributed by atoms with Gasteiger partial charge < -0.3 is 4.90 Å². The fraction of sp³-hybridized carbons (Fsp3) is 0.231. The third kappa shape index (κ3) is 3.14. The Labute approximate surface area is 113 Å². The molecule has 0 aliphatic carbocycles. The van der Waals surface area contributed by atoms with Crippen molar-refractivity contribution in [2.45, 2.75) is 6.42 Å². The summed E-state index contributed by atoms with van der Waals surface area (Å²) >= 11 is 1.26. The summed E-state index contributed by atoms with van der Waals surface area (Å²) in [4.78, 5) is 17.2. The van der Waals surface area contributed by atoms with Gasteiger partial charge in [0.1, 0.15) is 16.6 Å². The molecule has 0 fully saturated rings. The van der Waals surface area contributed by atoms with Crippen LogP contribution < -0.4 is 0 Å². The van der Waals surface area contributed by atoms with Gasteiger partial charge in [-0.25, -0.2) is 13.8 Å². The number of amides is 1. The number of thiazole rings is 1. The molecule has 1 aromatic carbocycles. The van der Waals surface area contributed by atoms with Crippen molar-refractivity contribution in [1.29, 1.82) is 0 Å². The molecule has 6 heteroatoms. The van der Waals surface area contributed by atoms with Crippen molar-refractivity contribution >= 4 is 17.2 Å². The van der Waals surface area contributed by atoms with Gasteiger partial charge in [0, 0.05) is 25.0 Å². The van der Waals surface area contributed by atoms with E-state index in [1.54, 1.807) is 19.5 Å². The molecule has 1 amide bonds. The topological polar surface area (TPSA) is 33.2 Å². The summed E-state index contributed by atoms with van der Waals surface area (Å²) in [6.07, 6.45) is 0.161. The summed E-state index contributed by atoms with van der Waals surface area (Å²) in [5, 5.41) is 2.20. The molecule has 0 saturated carbocycles. The SMILES string of the molecule is CN(C)C(=O)Cc1nc(-c2cc(F)ccc2F)cs1.